The van der Waals surface area contributed by atoms with Gasteiger partial charge in [0.15, 0.2) is 0 Å². The predicted molar refractivity (Wildman–Crippen MR) is 76.0 cm³/mol. The van der Waals surface area contributed by atoms with Crippen molar-refractivity contribution in [2.45, 2.75) is 13.0 Å². The van der Waals surface area contributed by atoms with E-state index >= 15 is 0 Å². The first kappa shape index (κ1) is 14.4. The van der Waals surface area contributed by atoms with Gasteiger partial charge in [0, 0.05) is 12.6 Å². The molecule has 0 spiro atoms. The molecular formula is C14H13N3O4. The predicted octanol–water partition coefficient (Wildman–Crippen LogP) is 2.23. The molecule has 0 fully saturated rings. The third-order valence-corrected chi connectivity index (χ3v) is 2.88. The number of aliphatic carboxylic acids is 1. The molecule has 2 N–H and O–H groups in total. The quantitative estimate of drug-likeness (QED) is 0.623. The third kappa shape index (κ3) is 4.00. The Bertz CT molecular complexity index is 656. The molecule has 0 aliphatic carbocycles. The Hall–Kier alpha value is -2.96. The molecule has 7 nitrogen and oxygen atoms in total. The monoisotopic (exact) mass is 287 g/mol. The Labute approximate surface area is 120 Å². The van der Waals surface area contributed by atoms with E-state index in [1.165, 1.54) is 18.3 Å². The second kappa shape index (κ2) is 6.47. The van der Waals surface area contributed by atoms with Crippen molar-refractivity contribution >= 4 is 17.5 Å². The first-order chi connectivity index (χ1) is 10.1. The normalized spacial score (nSPS) is 10.1. The summed E-state index contributed by atoms with van der Waals surface area (Å²) >= 11 is 0. The van der Waals surface area contributed by atoms with Crippen molar-refractivity contribution in [2.75, 3.05) is 5.32 Å². The first-order valence-corrected chi connectivity index (χ1v) is 6.19. The highest BCUT2D eigenvalue weighted by molar-refractivity contribution is 5.70. The van der Waals surface area contributed by atoms with Crippen LogP contribution < -0.4 is 5.32 Å². The van der Waals surface area contributed by atoms with Gasteiger partial charge in [0.25, 0.3) is 5.69 Å². The maximum atomic E-state index is 10.8. The molecule has 0 atom stereocenters. The van der Waals surface area contributed by atoms with Crippen molar-refractivity contribution in [3.63, 3.8) is 0 Å². The van der Waals surface area contributed by atoms with E-state index in [4.69, 9.17) is 5.11 Å². The zero-order chi connectivity index (χ0) is 15.2. The Kier molecular flexibility index (Phi) is 4.45. The molecule has 1 heterocycles. The summed E-state index contributed by atoms with van der Waals surface area (Å²) < 4.78 is 0. The molecule has 0 unspecified atom stereocenters. The standard InChI is InChI=1S/C14H13N3O4/c18-14(19)7-10-3-1-2-4-11(10)8-15-13-6-5-12(9-16-13)17(20)21/h1-6,9H,7-8H2,(H,15,16)(H,18,19). The van der Waals surface area contributed by atoms with E-state index in [1.807, 2.05) is 12.1 Å². The molecule has 7 heteroatoms. The molecule has 2 rings (SSSR count). The number of carboxylic acids is 1. The van der Waals surface area contributed by atoms with E-state index < -0.39 is 10.9 Å². The van der Waals surface area contributed by atoms with Crippen molar-refractivity contribution in [3.05, 3.63) is 63.8 Å². The van der Waals surface area contributed by atoms with E-state index in [2.05, 4.69) is 10.3 Å². The summed E-state index contributed by atoms with van der Waals surface area (Å²) in [6.07, 6.45) is 1.12. The van der Waals surface area contributed by atoms with E-state index in [0.29, 0.717) is 12.4 Å². The summed E-state index contributed by atoms with van der Waals surface area (Å²) in [6.45, 7) is 0.397. The number of aromatic nitrogens is 1. The highest BCUT2D eigenvalue weighted by atomic mass is 16.6. The number of rotatable bonds is 6. The Morgan fingerprint density at radius 1 is 1.24 bits per heavy atom. The molecule has 0 saturated heterocycles. The fourth-order valence-electron chi connectivity index (χ4n) is 1.85. The summed E-state index contributed by atoms with van der Waals surface area (Å²) in [5.41, 5.74) is 1.49. The summed E-state index contributed by atoms with van der Waals surface area (Å²) in [5, 5.41) is 22.4. The Balaban J connectivity index is 2.06. The summed E-state index contributed by atoms with van der Waals surface area (Å²) in [6, 6.07) is 10.1. The molecular weight excluding hydrogens is 274 g/mol. The van der Waals surface area contributed by atoms with Crippen molar-refractivity contribution in [1.82, 2.24) is 4.98 Å². The fourth-order valence-corrected chi connectivity index (χ4v) is 1.85. The average Bonchev–Trinajstić information content (AvgIpc) is 2.46. The fraction of sp³-hybridized carbons (Fsp3) is 0.143. The number of nitro groups is 1. The number of anilines is 1. The smallest absolute Gasteiger partial charge is 0.307 e. The van der Waals surface area contributed by atoms with Crippen LogP contribution in [0.25, 0.3) is 0 Å². The lowest BCUT2D eigenvalue weighted by atomic mass is 10.0. The van der Waals surface area contributed by atoms with Gasteiger partial charge in [-0.15, -0.1) is 0 Å². The van der Waals surface area contributed by atoms with Gasteiger partial charge < -0.3 is 10.4 Å². The molecule has 0 saturated carbocycles. The maximum Gasteiger partial charge on any atom is 0.307 e. The van der Waals surface area contributed by atoms with Crippen LogP contribution in [0.3, 0.4) is 0 Å². The molecule has 0 radical (unpaired) electrons. The Morgan fingerprint density at radius 3 is 2.52 bits per heavy atom. The maximum absolute atomic E-state index is 10.8. The number of hydrogen-bond acceptors (Lipinski definition) is 5. The van der Waals surface area contributed by atoms with Gasteiger partial charge in [-0.05, 0) is 17.2 Å². The lowest BCUT2D eigenvalue weighted by molar-refractivity contribution is -0.385. The molecule has 0 aliphatic heterocycles. The number of nitrogens with one attached hydrogen (secondary N) is 1. The molecule has 108 valence electrons. The highest BCUT2D eigenvalue weighted by Crippen LogP contribution is 2.15. The number of nitrogens with zero attached hydrogens (tertiary/aromatic N) is 2. The summed E-state index contributed by atoms with van der Waals surface area (Å²) in [4.78, 5) is 24.7. The van der Waals surface area contributed by atoms with Crippen LogP contribution in [0.5, 0.6) is 0 Å². The molecule has 0 amide bonds. The average molecular weight is 287 g/mol. The van der Waals surface area contributed by atoms with Crippen LogP contribution in [0.1, 0.15) is 11.1 Å². The lowest BCUT2D eigenvalue weighted by Gasteiger charge is -2.09. The SMILES string of the molecule is O=C(O)Cc1ccccc1CNc1ccc([N+](=O)[O-])cn1. The molecule has 0 bridgehead atoms. The molecule has 1 aromatic heterocycles. The molecule has 21 heavy (non-hydrogen) atoms. The van der Waals surface area contributed by atoms with Gasteiger partial charge in [0.1, 0.15) is 12.0 Å². The minimum absolute atomic E-state index is 0.0501. The largest absolute Gasteiger partial charge is 0.481 e. The minimum atomic E-state index is -0.893. The van der Waals surface area contributed by atoms with Gasteiger partial charge in [-0.2, -0.15) is 0 Å². The van der Waals surface area contributed by atoms with Crippen LogP contribution in [0, 0.1) is 10.1 Å². The van der Waals surface area contributed by atoms with Crippen LogP contribution in [0.4, 0.5) is 11.5 Å². The first-order valence-electron chi connectivity index (χ1n) is 6.19. The number of pyridine rings is 1. The second-order valence-electron chi connectivity index (χ2n) is 4.35. The van der Waals surface area contributed by atoms with E-state index in [9.17, 15) is 14.9 Å². The molecule has 0 aliphatic rings. The van der Waals surface area contributed by atoms with Crippen LogP contribution in [-0.2, 0) is 17.8 Å². The lowest BCUT2D eigenvalue weighted by Crippen LogP contribution is -2.07. The Morgan fingerprint density at radius 2 is 1.95 bits per heavy atom. The van der Waals surface area contributed by atoms with Crippen LogP contribution in [0.2, 0.25) is 0 Å². The second-order valence-corrected chi connectivity index (χ2v) is 4.35. The zero-order valence-corrected chi connectivity index (χ0v) is 11.0. The van der Waals surface area contributed by atoms with Gasteiger partial charge in [0.2, 0.25) is 0 Å². The van der Waals surface area contributed by atoms with Crippen LogP contribution >= 0.6 is 0 Å². The number of hydrogen-bond donors (Lipinski definition) is 2. The van der Waals surface area contributed by atoms with Crippen molar-refractivity contribution in [2.24, 2.45) is 0 Å². The van der Waals surface area contributed by atoms with Gasteiger partial charge in [-0.1, -0.05) is 24.3 Å². The van der Waals surface area contributed by atoms with Crippen LogP contribution in [0.15, 0.2) is 42.6 Å². The van der Waals surface area contributed by atoms with Gasteiger partial charge in [-0.3, -0.25) is 14.9 Å². The number of benzene rings is 1. The topological polar surface area (TPSA) is 105 Å². The van der Waals surface area contributed by atoms with Crippen molar-refractivity contribution in [3.8, 4) is 0 Å². The van der Waals surface area contributed by atoms with Crippen LogP contribution in [-0.4, -0.2) is 21.0 Å². The molecule has 2 aromatic rings. The van der Waals surface area contributed by atoms with E-state index in [1.54, 1.807) is 12.1 Å². The van der Waals surface area contributed by atoms with Gasteiger partial charge >= 0.3 is 5.97 Å². The van der Waals surface area contributed by atoms with E-state index in [-0.39, 0.29) is 12.1 Å². The van der Waals surface area contributed by atoms with Gasteiger partial charge in [-0.25, -0.2) is 4.98 Å². The minimum Gasteiger partial charge on any atom is -0.481 e. The number of carbonyl (C=O) groups is 1. The van der Waals surface area contributed by atoms with Gasteiger partial charge in [0.05, 0.1) is 11.3 Å². The van der Waals surface area contributed by atoms with E-state index in [0.717, 1.165) is 11.1 Å². The molecule has 1 aromatic carbocycles. The van der Waals surface area contributed by atoms with Crippen molar-refractivity contribution < 1.29 is 14.8 Å². The highest BCUT2D eigenvalue weighted by Gasteiger charge is 2.08. The zero-order valence-electron chi connectivity index (χ0n) is 11.0. The third-order valence-electron chi connectivity index (χ3n) is 2.88. The van der Waals surface area contributed by atoms with Crippen molar-refractivity contribution in [1.29, 1.82) is 0 Å². The summed E-state index contributed by atoms with van der Waals surface area (Å²) in [5.74, 6) is -0.401. The summed E-state index contributed by atoms with van der Waals surface area (Å²) in [7, 11) is 0. The number of carboxylic acid groups (broad SMARTS) is 1.